The van der Waals surface area contributed by atoms with Crippen molar-refractivity contribution in [3.05, 3.63) is 10.6 Å². The van der Waals surface area contributed by atoms with Gasteiger partial charge in [-0.25, -0.2) is 0 Å². The lowest BCUT2D eigenvalue weighted by atomic mass is 10.2. The first-order chi connectivity index (χ1) is 6.76. The summed E-state index contributed by atoms with van der Waals surface area (Å²) < 4.78 is 5.56. The van der Waals surface area contributed by atoms with E-state index in [0.717, 1.165) is 26.2 Å². The van der Waals surface area contributed by atoms with Crippen molar-refractivity contribution in [1.29, 1.82) is 0 Å². The molecular weight excluding hydrogens is 223 g/mol. The minimum absolute atomic E-state index is 0.258. The van der Waals surface area contributed by atoms with E-state index in [1.165, 1.54) is 5.54 Å². The van der Waals surface area contributed by atoms with Crippen molar-refractivity contribution in [3.63, 3.8) is 0 Å². The molecule has 0 saturated carbocycles. The van der Waals surface area contributed by atoms with Gasteiger partial charge in [-0.3, -0.25) is 4.90 Å². The molecular formula is C9H16Cl2N2O. The summed E-state index contributed by atoms with van der Waals surface area (Å²) in [4.78, 5) is 2.24. The van der Waals surface area contributed by atoms with E-state index in [9.17, 15) is 0 Å². The second-order valence-electron chi connectivity index (χ2n) is 3.34. The number of rotatable bonds is 4. The van der Waals surface area contributed by atoms with Crippen LogP contribution in [0.5, 0.6) is 0 Å². The van der Waals surface area contributed by atoms with Crippen molar-refractivity contribution in [2.24, 2.45) is 0 Å². The molecule has 1 fully saturated rings. The van der Waals surface area contributed by atoms with Gasteiger partial charge in [0.05, 0.1) is 12.7 Å². The van der Waals surface area contributed by atoms with Gasteiger partial charge in [-0.1, -0.05) is 23.2 Å². The molecule has 0 amide bonds. The summed E-state index contributed by atoms with van der Waals surface area (Å²) in [6.45, 7) is 4.18. The lowest BCUT2D eigenvalue weighted by Crippen LogP contribution is -2.46. The molecule has 1 N–H and O–H groups in total. The lowest BCUT2D eigenvalue weighted by Gasteiger charge is -2.32. The highest BCUT2D eigenvalue weighted by Gasteiger charge is 2.19. The van der Waals surface area contributed by atoms with Crippen LogP contribution in [0.3, 0.4) is 0 Å². The predicted molar refractivity (Wildman–Crippen MR) is 59.9 cm³/mol. The first-order valence-electron chi connectivity index (χ1n) is 4.69. The van der Waals surface area contributed by atoms with Crippen LogP contribution in [0.4, 0.5) is 0 Å². The molecule has 0 aliphatic carbocycles. The van der Waals surface area contributed by atoms with E-state index in [0.29, 0.717) is 11.6 Å². The number of halogens is 2. The lowest BCUT2D eigenvalue weighted by molar-refractivity contribution is -0.0226. The topological polar surface area (TPSA) is 24.5 Å². The third-order valence-corrected chi connectivity index (χ3v) is 2.75. The maximum Gasteiger partial charge on any atom is 0.0826 e. The van der Waals surface area contributed by atoms with Gasteiger partial charge in [0.25, 0.3) is 0 Å². The third-order valence-electron chi connectivity index (χ3n) is 2.15. The molecule has 1 aliphatic heterocycles. The Morgan fingerprint density at radius 1 is 1.71 bits per heavy atom. The molecule has 1 saturated heterocycles. The van der Waals surface area contributed by atoms with Crippen LogP contribution in [0.25, 0.3) is 0 Å². The molecule has 1 rings (SSSR count). The Labute approximate surface area is 95.0 Å². The fourth-order valence-corrected chi connectivity index (χ4v) is 1.76. The van der Waals surface area contributed by atoms with Crippen molar-refractivity contribution < 1.29 is 4.74 Å². The van der Waals surface area contributed by atoms with Crippen molar-refractivity contribution in [3.8, 4) is 0 Å². The SMILES string of the molecule is CNCC1CN(CC(Cl)=CCl)CCO1. The maximum absolute atomic E-state index is 5.85. The van der Waals surface area contributed by atoms with Gasteiger partial charge in [-0.05, 0) is 7.05 Å². The van der Waals surface area contributed by atoms with Gasteiger partial charge < -0.3 is 10.1 Å². The Bertz CT molecular complexity index is 197. The van der Waals surface area contributed by atoms with E-state index < -0.39 is 0 Å². The Hall–Kier alpha value is 0.200. The van der Waals surface area contributed by atoms with Gasteiger partial charge in [0.15, 0.2) is 0 Å². The van der Waals surface area contributed by atoms with Gasteiger partial charge in [0, 0.05) is 36.7 Å². The minimum atomic E-state index is 0.258. The minimum Gasteiger partial charge on any atom is -0.374 e. The number of hydrogen-bond acceptors (Lipinski definition) is 3. The van der Waals surface area contributed by atoms with Crippen molar-refractivity contribution in [1.82, 2.24) is 10.2 Å². The number of hydrogen-bond donors (Lipinski definition) is 1. The van der Waals surface area contributed by atoms with Gasteiger partial charge in [0.1, 0.15) is 0 Å². The van der Waals surface area contributed by atoms with Crippen LogP contribution in [-0.4, -0.2) is 50.8 Å². The first kappa shape index (κ1) is 12.3. The maximum atomic E-state index is 5.85. The summed E-state index contributed by atoms with van der Waals surface area (Å²) >= 11 is 11.4. The Kier molecular flexibility index (Phi) is 5.82. The normalized spacial score (nSPS) is 25.4. The van der Waals surface area contributed by atoms with Gasteiger partial charge in [0.2, 0.25) is 0 Å². The zero-order chi connectivity index (χ0) is 10.4. The second-order valence-corrected chi connectivity index (χ2v) is 4.05. The fourth-order valence-electron chi connectivity index (χ4n) is 1.52. The van der Waals surface area contributed by atoms with Gasteiger partial charge >= 0.3 is 0 Å². The van der Waals surface area contributed by atoms with Crippen LogP contribution in [-0.2, 0) is 4.74 Å². The molecule has 1 aliphatic rings. The fraction of sp³-hybridized carbons (Fsp3) is 0.778. The molecule has 0 aromatic rings. The van der Waals surface area contributed by atoms with Crippen LogP contribution in [0.15, 0.2) is 10.6 Å². The molecule has 0 bridgehead atoms. The van der Waals surface area contributed by atoms with E-state index in [2.05, 4.69) is 10.2 Å². The zero-order valence-electron chi connectivity index (χ0n) is 8.30. The van der Waals surface area contributed by atoms with E-state index >= 15 is 0 Å². The van der Waals surface area contributed by atoms with Crippen molar-refractivity contribution in [2.75, 3.05) is 39.8 Å². The van der Waals surface area contributed by atoms with Crippen LogP contribution >= 0.6 is 23.2 Å². The van der Waals surface area contributed by atoms with E-state index in [1.807, 2.05) is 7.05 Å². The molecule has 0 spiro atoms. The van der Waals surface area contributed by atoms with Gasteiger partial charge in [-0.15, -0.1) is 0 Å². The Morgan fingerprint density at radius 3 is 3.14 bits per heavy atom. The summed E-state index contributed by atoms with van der Waals surface area (Å²) in [5.74, 6) is 0. The molecule has 0 aromatic heterocycles. The van der Waals surface area contributed by atoms with E-state index in [4.69, 9.17) is 27.9 Å². The van der Waals surface area contributed by atoms with Crippen molar-refractivity contribution >= 4 is 23.2 Å². The molecule has 3 nitrogen and oxygen atoms in total. The van der Waals surface area contributed by atoms with Crippen LogP contribution in [0.1, 0.15) is 0 Å². The number of nitrogens with zero attached hydrogens (tertiary/aromatic N) is 1. The summed E-state index contributed by atoms with van der Waals surface area (Å²) in [5.41, 5.74) is 1.42. The smallest absolute Gasteiger partial charge is 0.0826 e. The summed E-state index contributed by atoms with van der Waals surface area (Å²) in [7, 11) is 1.92. The quantitative estimate of drug-likeness (QED) is 0.798. The molecule has 1 atom stereocenters. The van der Waals surface area contributed by atoms with Crippen LogP contribution in [0.2, 0.25) is 0 Å². The zero-order valence-corrected chi connectivity index (χ0v) is 9.81. The Balaban J connectivity index is 2.32. The Morgan fingerprint density at radius 2 is 2.50 bits per heavy atom. The average molecular weight is 239 g/mol. The predicted octanol–water partition coefficient (Wildman–Crippen LogP) is 1.23. The summed E-state index contributed by atoms with van der Waals surface area (Å²) in [6, 6.07) is 0. The first-order valence-corrected chi connectivity index (χ1v) is 5.51. The summed E-state index contributed by atoms with van der Waals surface area (Å²) in [5, 5.41) is 3.78. The largest absolute Gasteiger partial charge is 0.374 e. The van der Waals surface area contributed by atoms with Crippen LogP contribution < -0.4 is 5.32 Å². The molecule has 14 heavy (non-hydrogen) atoms. The van der Waals surface area contributed by atoms with Crippen LogP contribution in [0, 0.1) is 0 Å². The average Bonchev–Trinajstić information content (AvgIpc) is 2.19. The number of ether oxygens (including phenoxy) is 1. The molecule has 0 radical (unpaired) electrons. The molecule has 1 unspecified atom stereocenters. The molecule has 1 heterocycles. The number of nitrogens with one attached hydrogen (secondary N) is 1. The van der Waals surface area contributed by atoms with E-state index in [-0.39, 0.29) is 6.10 Å². The molecule has 82 valence electrons. The summed E-state index contributed by atoms with van der Waals surface area (Å²) in [6.07, 6.45) is 0.258. The molecule has 5 heteroatoms. The molecule has 0 aromatic carbocycles. The third kappa shape index (κ3) is 4.15. The number of likely N-dealkylation sites (N-methyl/N-ethyl adjacent to an activating group) is 1. The standard InChI is InChI=1S/C9H16Cl2N2O/c1-12-5-9-7-13(2-3-14-9)6-8(11)4-10/h4,9,12H,2-3,5-7H2,1H3. The van der Waals surface area contributed by atoms with Crippen molar-refractivity contribution in [2.45, 2.75) is 6.10 Å². The highest BCUT2D eigenvalue weighted by atomic mass is 35.5. The highest BCUT2D eigenvalue weighted by Crippen LogP contribution is 2.10. The van der Waals surface area contributed by atoms with Gasteiger partial charge in [-0.2, -0.15) is 0 Å². The highest BCUT2D eigenvalue weighted by molar-refractivity contribution is 6.36. The monoisotopic (exact) mass is 238 g/mol. The number of morpholine rings is 1. The second kappa shape index (κ2) is 6.64. The van der Waals surface area contributed by atoms with E-state index in [1.54, 1.807) is 0 Å².